The fourth-order valence-electron chi connectivity index (χ4n) is 3.77. The lowest BCUT2D eigenvalue weighted by Crippen LogP contribution is -2.16. The van der Waals surface area contributed by atoms with E-state index in [2.05, 4.69) is 5.32 Å². The summed E-state index contributed by atoms with van der Waals surface area (Å²) in [5.41, 5.74) is 2.81. The quantitative estimate of drug-likeness (QED) is 0.186. The van der Waals surface area contributed by atoms with Gasteiger partial charge in [0.1, 0.15) is 5.00 Å². The zero-order valence-corrected chi connectivity index (χ0v) is 18.1. The zero-order valence-electron chi connectivity index (χ0n) is 17.3. The summed E-state index contributed by atoms with van der Waals surface area (Å²) in [6, 6.07) is 15.1. The molecule has 3 aromatic rings. The molecule has 7 nitrogen and oxygen atoms in total. The molecule has 2 aromatic carbocycles. The molecule has 1 amide bonds. The van der Waals surface area contributed by atoms with Crippen LogP contribution in [0.4, 0.5) is 10.7 Å². The molecule has 32 heavy (non-hydrogen) atoms. The number of nitro benzene ring substituents is 1. The number of carbonyl (C=O) groups is 2. The maximum Gasteiger partial charge on any atom is 0.341 e. The van der Waals surface area contributed by atoms with Crippen LogP contribution in [0.1, 0.15) is 38.3 Å². The van der Waals surface area contributed by atoms with Crippen molar-refractivity contribution in [1.29, 1.82) is 0 Å². The molecule has 0 fully saturated rings. The number of aryl methyl sites for hydroxylation is 1. The third-order valence-electron chi connectivity index (χ3n) is 5.26. The maximum atomic E-state index is 13.4. The predicted molar refractivity (Wildman–Crippen MR) is 124 cm³/mol. The highest BCUT2D eigenvalue weighted by Crippen LogP contribution is 2.40. The highest BCUT2D eigenvalue weighted by atomic mass is 32.1. The first-order valence-electron chi connectivity index (χ1n) is 10.0. The summed E-state index contributed by atoms with van der Waals surface area (Å²) in [5, 5.41) is 14.5. The molecule has 0 unspecified atom stereocenters. The van der Waals surface area contributed by atoms with Crippen LogP contribution in [0, 0.1) is 10.1 Å². The van der Waals surface area contributed by atoms with Gasteiger partial charge in [-0.1, -0.05) is 42.5 Å². The highest BCUT2D eigenvalue weighted by Gasteiger charge is 2.28. The molecule has 0 spiro atoms. The molecule has 1 aliphatic carbocycles. The Labute approximate surface area is 188 Å². The van der Waals surface area contributed by atoms with Gasteiger partial charge in [0.2, 0.25) is 0 Å². The number of nitrogens with one attached hydrogen (secondary N) is 1. The van der Waals surface area contributed by atoms with Crippen molar-refractivity contribution in [3.05, 3.63) is 91.8 Å². The van der Waals surface area contributed by atoms with Crippen LogP contribution in [-0.2, 0) is 22.4 Å². The van der Waals surface area contributed by atoms with Gasteiger partial charge in [-0.15, -0.1) is 11.3 Å². The molecule has 0 radical (unpaired) electrons. The topological polar surface area (TPSA) is 98.5 Å². The van der Waals surface area contributed by atoms with Crippen LogP contribution in [-0.4, -0.2) is 23.9 Å². The van der Waals surface area contributed by atoms with E-state index >= 15 is 0 Å². The van der Waals surface area contributed by atoms with Crippen LogP contribution in [0.3, 0.4) is 0 Å². The fraction of sp³-hybridized carbons (Fsp3) is 0.167. The predicted octanol–water partition coefficient (Wildman–Crippen LogP) is 5.11. The largest absolute Gasteiger partial charge is 0.465 e. The van der Waals surface area contributed by atoms with E-state index in [9.17, 15) is 19.7 Å². The maximum absolute atomic E-state index is 13.4. The number of nitrogens with zero attached hydrogens (tertiary/aromatic N) is 1. The molecule has 1 aliphatic rings. The molecule has 1 N–H and O–H groups in total. The minimum atomic E-state index is -0.477. The van der Waals surface area contributed by atoms with Gasteiger partial charge in [-0.05, 0) is 42.0 Å². The van der Waals surface area contributed by atoms with Crippen LogP contribution in [0.5, 0.6) is 0 Å². The van der Waals surface area contributed by atoms with Gasteiger partial charge in [0.05, 0.1) is 17.6 Å². The van der Waals surface area contributed by atoms with Gasteiger partial charge in [0.15, 0.2) is 0 Å². The molecule has 1 aromatic heterocycles. The summed E-state index contributed by atoms with van der Waals surface area (Å²) in [5.74, 6) is -0.878. The summed E-state index contributed by atoms with van der Waals surface area (Å²) in [6.45, 7) is 0. The Morgan fingerprint density at radius 2 is 1.91 bits per heavy atom. The Balaban J connectivity index is 1.74. The second kappa shape index (κ2) is 9.15. The van der Waals surface area contributed by atoms with E-state index in [1.54, 1.807) is 30.3 Å². The van der Waals surface area contributed by atoms with Gasteiger partial charge in [0.25, 0.3) is 11.6 Å². The first kappa shape index (κ1) is 21.5. The third-order valence-corrected chi connectivity index (χ3v) is 6.47. The van der Waals surface area contributed by atoms with Gasteiger partial charge in [-0.25, -0.2) is 4.79 Å². The molecule has 8 heteroatoms. The number of thiophene rings is 1. The van der Waals surface area contributed by atoms with E-state index < -0.39 is 16.8 Å². The molecule has 0 aliphatic heterocycles. The lowest BCUT2D eigenvalue weighted by molar-refractivity contribution is -0.384. The Morgan fingerprint density at radius 1 is 1.12 bits per heavy atom. The van der Waals surface area contributed by atoms with Crippen molar-refractivity contribution >= 4 is 45.6 Å². The minimum absolute atomic E-state index is 0.0609. The summed E-state index contributed by atoms with van der Waals surface area (Å²) < 4.78 is 4.96. The van der Waals surface area contributed by atoms with E-state index in [0.717, 1.165) is 29.7 Å². The minimum Gasteiger partial charge on any atom is -0.465 e. The molecule has 0 bridgehead atoms. The summed E-state index contributed by atoms with van der Waals surface area (Å²) in [4.78, 5) is 37.5. The first-order chi connectivity index (χ1) is 15.5. The number of methoxy groups -OCH3 is 1. The van der Waals surface area contributed by atoms with Gasteiger partial charge >= 0.3 is 5.97 Å². The number of ether oxygens (including phenoxy) is 1. The van der Waals surface area contributed by atoms with Crippen LogP contribution in [0.25, 0.3) is 11.6 Å². The van der Waals surface area contributed by atoms with Crippen LogP contribution in [0.2, 0.25) is 0 Å². The number of anilines is 1. The number of amides is 1. The molecule has 162 valence electrons. The number of non-ortho nitro benzene ring substituents is 1. The van der Waals surface area contributed by atoms with Crippen molar-refractivity contribution in [3.8, 4) is 0 Å². The molecule has 1 heterocycles. The SMILES string of the molecule is COC(=O)c1c(NC(=O)/C(=C/c2cccc([N+](=O)[O-])c2)c2ccccc2)sc2c1CCC2. The van der Waals surface area contributed by atoms with Gasteiger partial charge in [0, 0.05) is 22.6 Å². The fourth-order valence-corrected chi connectivity index (χ4v) is 5.05. The number of hydrogen-bond donors (Lipinski definition) is 1. The molecule has 4 rings (SSSR count). The Bertz CT molecular complexity index is 1230. The summed E-state index contributed by atoms with van der Waals surface area (Å²) in [6.07, 6.45) is 4.23. The van der Waals surface area contributed by atoms with Gasteiger partial charge in [-0.3, -0.25) is 14.9 Å². The van der Waals surface area contributed by atoms with Crippen molar-refractivity contribution in [2.45, 2.75) is 19.3 Å². The molecule has 0 saturated carbocycles. The normalized spacial score (nSPS) is 12.8. The number of carbonyl (C=O) groups excluding carboxylic acids is 2. The average Bonchev–Trinajstić information content (AvgIpc) is 3.38. The van der Waals surface area contributed by atoms with E-state index in [4.69, 9.17) is 4.74 Å². The molecular formula is C24H20N2O5S. The van der Waals surface area contributed by atoms with E-state index in [-0.39, 0.29) is 5.69 Å². The smallest absolute Gasteiger partial charge is 0.341 e. The highest BCUT2D eigenvalue weighted by molar-refractivity contribution is 7.17. The lowest BCUT2D eigenvalue weighted by atomic mass is 10.0. The Hall–Kier alpha value is -3.78. The standard InChI is InChI=1S/C24H20N2O5S/c1-31-24(28)21-18-11-6-12-20(18)32-23(21)25-22(27)19(16-8-3-2-4-9-16)14-15-7-5-10-17(13-15)26(29)30/h2-5,7-10,13-14H,6,11-12H2,1H3,(H,25,27)/b19-14+. The summed E-state index contributed by atoms with van der Waals surface area (Å²) >= 11 is 1.40. The Morgan fingerprint density at radius 3 is 2.62 bits per heavy atom. The van der Waals surface area contributed by atoms with Crippen LogP contribution in [0.15, 0.2) is 54.6 Å². The van der Waals surface area contributed by atoms with Crippen LogP contribution < -0.4 is 5.32 Å². The van der Waals surface area contributed by atoms with Crippen molar-refractivity contribution < 1.29 is 19.2 Å². The first-order valence-corrected chi connectivity index (χ1v) is 10.9. The summed E-state index contributed by atoms with van der Waals surface area (Å²) in [7, 11) is 1.32. The van der Waals surface area contributed by atoms with Crippen molar-refractivity contribution in [1.82, 2.24) is 0 Å². The van der Waals surface area contributed by atoms with Gasteiger partial charge in [-0.2, -0.15) is 0 Å². The van der Waals surface area contributed by atoms with E-state index in [0.29, 0.717) is 27.3 Å². The average molecular weight is 449 g/mol. The van der Waals surface area contributed by atoms with Crippen molar-refractivity contribution in [3.63, 3.8) is 0 Å². The van der Waals surface area contributed by atoms with E-state index in [1.807, 2.05) is 18.2 Å². The monoisotopic (exact) mass is 448 g/mol. The molecule has 0 atom stereocenters. The van der Waals surface area contributed by atoms with Crippen molar-refractivity contribution in [2.24, 2.45) is 0 Å². The molecular weight excluding hydrogens is 428 g/mol. The zero-order chi connectivity index (χ0) is 22.7. The number of hydrogen-bond acceptors (Lipinski definition) is 6. The number of benzene rings is 2. The lowest BCUT2D eigenvalue weighted by Gasteiger charge is -2.11. The second-order valence-electron chi connectivity index (χ2n) is 7.28. The van der Waals surface area contributed by atoms with Crippen LogP contribution >= 0.6 is 11.3 Å². The van der Waals surface area contributed by atoms with Gasteiger partial charge < -0.3 is 10.1 Å². The second-order valence-corrected chi connectivity index (χ2v) is 8.39. The molecule has 0 saturated heterocycles. The van der Waals surface area contributed by atoms with E-state index in [1.165, 1.54) is 30.6 Å². The number of fused-ring (bicyclic) bond motifs is 1. The third kappa shape index (κ3) is 4.31. The van der Waals surface area contributed by atoms with Crippen molar-refractivity contribution in [2.75, 3.05) is 12.4 Å². The number of nitro groups is 1. The number of rotatable bonds is 6. The Kier molecular flexibility index (Phi) is 6.13. The number of esters is 1.